The zero-order chi connectivity index (χ0) is 14.5. The van der Waals surface area contributed by atoms with Crippen molar-refractivity contribution in [3.8, 4) is 0 Å². The summed E-state index contributed by atoms with van der Waals surface area (Å²) >= 11 is 6.17. The summed E-state index contributed by atoms with van der Waals surface area (Å²) in [5.41, 5.74) is 8.66. The maximum Gasteiger partial charge on any atom is 0.0670 e. The molecule has 112 valence electrons. The molecule has 1 fully saturated rings. The summed E-state index contributed by atoms with van der Waals surface area (Å²) < 4.78 is 5.60. The van der Waals surface area contributed by atoms with E-state index in [1.54, 1.807) is 0 Å². The van der Waals surface area contributed by atoms with Crippen LogP contribution in [0.25, 0.3) is 0 Å². The van der Waals surface area contributed by atoms with Gasteiger partial charge < -0.3 is 15.4 Å². The van der Waals surface area contributed by atoms with Crippen molar-refractivity contribution >= 4 is 17.3 Å². The van der Waals surface area contributed by atoms with Gasteiger partial charge >= 0.3 is 0 Å². The van der Waals surface area contributed by atoms with Gasteiger partial charge in [-0.15, -0.1) is 0 Å². The van der Waals surface area contributed by atoms with Gasteiger partial charge in [0.05, 0.1) is 19.3 Å². The van der Waals surface area contributed by atoms with E-state index in [4.69, 9.17) is 22.1 Å². The normalized spacial score (nSPS) is 21.0. The van der Waals surface area contributed by atoms with Gasteiger partial charge in [-0.05, 0) is 43.0 Å². The lowest BCUT2D eigenvalue weighted by atomic mass is 10.0. The number of nitrogens with two attached hydrogens (primary N) is 1. The molecule has 1 saturated heterocycles. The molecular weight excluding hydrogens is 272 g/mol. The summed E-state index contributed by atoms with van der Waals surface area (Å²) in [6.45, 7) is 6.86. The van der Waals surface area contributed by atoms with E-state index in [-0.39, 0.29) is 6.04 Å². The zero-order valence-electron chi connectivity index (χ0n) is 12.4. The van der Waals surface area contributed by atoms with Crippen molar-refractivity contribution < 1.29 is 4.74 Å². The third kappa shape index (κ3) is 3.66. The third-order valence-corrected chi connectivity index (χ3v) is 4.29. The van der Waals surface area contributed by atoms with Gasteiger partial charge in [0.1, 0.15) is 0 Å². The summed E-state index contributed by atoms with van der Waals surface area (Å²) in [4.78, 5) is 2.46. The molecule has 2 N–H and O–H groups in total. The lowest BCUT2D eigenvalue weighted by Crippen LogP contribution is -2.45. The number of halogens is 1. The highest BCUT2D eigenvalue weighted by Gasteiger charge is 2.24. The Morgan fingerprint density at radius 3 is 2.95 bits per heavy atom. The molecule has 0 amide bonds. The zero-order valence-corrected chi connectivity index (χ0v) is 13.2. The van der Waals surface area contributed by atoms with Gasteiger partial charge in [0, 0.05) is 23.3 Å². The van der Waals surface area contributed by atoms with Crippen LogP contribution < -0.4 is 10.6 Å². The first-order valence-corrected chi connectivity index (χ1v) is 7.91. The molecule has 20 heavy (non-hydrogen) atoms. The maximum absolute atomic E-state index is 6.17. The van der Waals surface area contributed by atoms with Crippen molar-refractivity contribution in [3.05, 3.63) is 28.8 Å². The quantitative estimate of drug-likeness (QED) is 0.906. The topological polar surface area (TPSA) is 38.5 Å². The van der Waals surface area contributed by atoms with Crippen molar-refractivity contribution in [2.45, 2.75) is 45.2 Å². The number of hydrogen-bond acceptors (Lipinski definition) is 3. The largest absolute Gasteiger partial charge is 0.377 e. The maximum atomic E-state index is 6.17. The lowest BCUT2D eigenvalue weighted by molar-refractivity contribution is 0.0929. The van der Waals surface area contributed by atoms with Crippen molar-refractivity contribution in [1.82, 2.24) is 0 Å². The lowest BCUT2D eigenvalue weighted by Gasteiger charge is -2.38. The van der Waals surface area contributed by atoms with Crippen LogP contribution >= 0.6 is 11.6 Å². The smallest absolute Gasteiger partial charge is 0.0670 e. The van der Waals surface area contributed by atoms with Crippen LogP contribution in [0.3, 0.4) is 0 Å². The van der Waals surface area contributed by atoms with E-state index in [1.165, 1.54) is 11.3 Å². The van der Waals surface area contributed by atoms with Crippen LogP contribution in [-0.2, 0) is 11.2 Å². The molecule has 4 heteroatoms. The third-order valence-electron chi connectivity index (χ3n) is 4.06. The average molecular weight is 297 g/mol. The summed E-state index contributed by atoms with van der Waals surface area (Å²) in [7, 11) is 0. The molecule has 3 nitrogen and oxygen atoms in total. The Labute approximate surface area is 127 Å². The Balaban J connectivity index is 2.29. The molecule has 1 aromatic rings. The van der Waals surface area contributed by atoms with Crippen molar-refractivity contribution in [2.24, 2.45) is 5.73 Å². The standard InChI is InChI=1S/C16H25ClN2O/c1-3-14(18)10-12-9-13(17)5-6-16(12)19-7-8-20-11-15(19)4-2/h5-6,9,14-15H,3-4,7-8,10-11,18H2,1-2H3. The Morgan fingerprint density at radius 1 is 1.45 bits per heavy atom. The minimum atomic E-state index is 0.188. The minimum Gasteiger partial charge on any atom is -0.377 e. The monoisotopic (exact) mass is 296 g/mol. The second-order valence-corrected chi connectivity index (χ2v) is 5.91. The SMILES string of the molecule is CCC(N)Cc1cc(Cl)ccc1N1CCOCC1CC. The summed E-state index contributed by atoms with van der Waals surface area (Å²) in [6, 6.07) is 6.80. The fourth-order valence-corrected chi connectivity index (χ4v) is 2.93. The Kier molecular flexibility index (Phi) is 5.70. The number of ether oxygens (including phenoxy) is 1. The first kappa shape index (κ1) is 15.6. The predicted molar refractivity (Wildman–Crippen MR) is 85.7 cm³/mol. The second kappa shape index (κ2) is 7.30. The van der Waals surface area contributed by atoms with Gasteiger partial charge in [-0.3, -0.25) is 0 Å². The molecule has 2 rings (SSSR count). The Hall–Kier alpha value is -0.770. The molecule has 2 atom stereocenters. The van der Waals surface area contributed by atoms with Crippen LogP contribution in [0.5, 0.6) is 0 Å². The molecule has 1 aliphatic heterocycles. The van der Waals surface area contributed by atoms with E-state index in [1.807, 2.05) is 6.07 Å². The molecule has 2 unspecified atom stereocenters. The van der Waals surface area contributed by atoms with E-state index in [0.717, 1.165) is 44.0 Å². The molecule has 0 spiro atoms. The number of hydrogen-bond donors (Lipinski definition) is 1. The minimum absolute atomic E-state index is 0.188. The number of nitrogens with zero attached hydrogens (tertiary/aromatic N) is 1. The van der Waals surface area contributed by atoms with E-state index in [9.17, 15) is 0 Å². The first-order chi connectivity index (χ1) is 9.65. The van der Waals surface area contributed by atoms with Gasteiger partial charge in [-0.2, -0.15) is 0 Å². The van der Waals surface area contributed by atoms with Crippen molar-refractivity contribution in [1.29, 1.82) is 0 Å². The molecular formula is C16H25ClN2O. The molecule has 0 bridgehead atoms. The van der Waals surface area contributed by atoms with Crippen LogP contribution in [0, 0.1) is 0 Å². The van der Waals surface area contributed by atoms with E-state index >= 15 is 0 Å². The van der Waals surface area contributed by atoms with E-state index in [0.29, 0.717) is 6.04 Å². The van der Waals surface area contributed by atoms with Crippen LogP contribution in [0.15, 0.2) is 18.2 Å². The Morgan fingerprint density at radius 2 is 2.25 bits per heavy atom. The summed E-state index contributed by atoms with van der Waals surface area (Å²) in [5, 5.41) is 0.786. The van der Waals surface area contributed by atoms with Gasteiger partial charge in [0.2, 0.25) is 0 Å². The number of benzene rings is 1. The molecule has 0 saturated carbocycles. The second-order valence-electron chi connectivity index (χ2n) is 5.48. The van der Waals surface area contributed by atoms with Gasteiger partial charge in [-0.25, -0.2) is 0 Å². The number of anilines is 1. The molecule has 0 aliphatic carbocycles. The molecule has 0 radical (unpaired) electrons. The fourth-order valence-electron chi connectivity index (χ4n) is 2.73. The molecule has 1 aliphatic rings. The molecule has 1 aromatic carbocycles. The fraction of sp³-hybridized carbons (Fsp3) is 0.625. The molecule has 0 aromatic heterocycles. The van der Waals surface area contributed by atoms with E-state index < -0.39 is 0 Å². The first-order valence-electron chi connectivity index (χ1n) is 7.54. The highest BCUT2D eigenvalue weighted by molar-refractivity contribution is 6.30. The van der Waals surface area contributed by atoms with Crippen LogP contribution in [0.4, 0.5) is 5.69 Å². The predicted octanol–water partition coefficient (Wildman–Crippen LogP) is 3.24. The number of morpholine rings is 1. The van der Waals surface area contributed by atoms with Crippen LogP contribution in [-0.4, -0.2) is 31.8 Å². The highest BCUT2D eigenvalue weighted by Crippen LogP contribution is 2.29. The molecule has 1 heterocycles. The highest BCUT2D eigenvalue weighted by atomic mass is 35.5. The van der Waals surface area contributed by atoms with Gasteiger partial charge in [0.15, 0.2) is 0 Å². The number of rotatable bonds is 5. The van der Waals surface area contributed by atoms with Crippen molar-refractivity contribution in [2.75, 3.05) is 24.7 Å². The van der Waals surface area contributed by atoms with Gasteiger partial charge in [0.25, 0.3) is 0 Å². The van der Waals surface area contributed by atoms with Gasteiger partial charge in [-0.1, -0.05) is 25.4 Å². The average Bonchev–Trinajstić information content (AvgIpc) is 2.47. The van der Waals surface area contributed by atoms with Crippen LogP contribution in [0.1, 0.15) is 32.3 Å². The van der Waals surface area contributed by atoms with Crippen molar-refractivity contribution in [3.63, 3.8) is 0 Å². The van der Waals surface area contributed by atoms with E-state index in [2.05, 4.69) is 30.9 Å². The summed E-state index contributed by atoms with van der Waals surface area (Å²) in [6.07, 6.45) is 2.94. The summed E-state index contributed by atoms with van der Waals surface area (Å²) in [5.74, 6) is 0. The Bertz CT molecular complexity index is 438. The van der Waals surface area contributed by atoms with Crippen LogP contribution in [0.2, 0.25) is 5.02 Å².